The molecular weight excluding hydrogens is 396 g/mol. The second kappa shape index (κ2) is 11.4. The number of carbonyl (C=O) groups is 1. The molecule has 3 aromatic rings. The molecule has 3 nitrogen and oxygen atoms in total. The Morgan fingerprint density at radius 3 is 2.28 bits per heavy atom. The molecule has 0 aliphatic rings. The largest absolute Gasteiger partial charge is 0.462 e. The number of aryl methyl sites for hydroxylation is 2. The van der Waals surface area contributed by atoms with Crippen molar-refractivity contribution in [3.63, 3.8) is 0 Å². The van der Waals surface area contributed by atoms with Crippen molar-refractivity contribution in [3.8, 4) is 22.3 Å². The van der Waals surface area contributed by atoms with Crippen LogP contribution in [0, 0.1) is 0 Å². The van der Waals surface area contributed by atoms with Crippen LogP contribution in [0.2, 0.25) is 0 Å². The third kappa shape index (κ3) is 5.95. The molecule has 0 atom stereocenters. The first-order valence-corrected chi connectivity index (χ1v) is 11.3. The predicted octanol–water partition coefficient (Wildman–Crippen LogP) is 6.17. The Morgan fingerprint density at radius 1 is 0.875 bits per heavy atom. The van der Waals surface area contributed by atoms with Gasteiger partial charge in [0.25, 0.3) is 0 Å². The summed E-state index contributed by atoms with van der Waals surface area (Å²) >= 11 is 0. The maximum Gasteiger partial charge on any atom is 0.333 e. The van der Waals surface area contributed by atoms with Gasteiger partial charge in [0.2, 0.25) is 0 Å². The lowest BCUT2D eigenvalue weighted by atomic mass is 9.90. The Hall–Kier alpha value is -3.17. The molecule has 0 radical (unpaired) electrons. The number of carbonyl (C=O) groups excluding carboxylic acids is 1. The average molecular weight is 429 g/mol. The topological polar surface area (TPSA) is 46.5 Å². The molecule has 0 saturated heterocycles. The number of benzene rings is 3. The number of rotatable bonds is 10. The molecular formula is C29H32O3. The van der Waals surface area contributed by atoms with E-state index in [1.165, 1.54) is 27.8 Å². The summed E-state index contributed by atoms with van der Waals surface area (Å²) in [4.78, 5) is 11.8. The van der Waals surface area contributed by atoms with Crippen molar-refractivity contribution >= 4 is 5.97 Å². The van der Waals surface area contributed by atoms with Crippen molar-refractivity contribution in [1.82, 2.24) is 0 Å². The fourth-order valence-electron chi connectivity index (χ4n) is 3.89. The van der Waals surface area contributed by atoms with Crippen LogP contribution in [0.5, 0.6) is 0 Å². The molecule has 0 bridgehead atoms. The third-order valence-corrected chi connectivity index (χ3v) is 5.67. The van der Waals surface area contributed by atoms with Crippen LogP contribution >= 0.6 is 0 Å². The Kier molecular flexibility index (Phi) is 8.41. The molecule has 0 aromatic heterocycles. The van der Waals surface area contributed by atoms with Gasteiger partial charge in [0.15, 0.2) is 0 Å². The molecule has 166 valence electrons. The lowest BCUT2D eigenvalue weighted by molar-refractivity contribution is -0.138. The number of ether oxygens (including phenoxy) is 1. The van der Waals surface area contributed by atoms with Crippen molar-refractivity contribution in [1.29, 1.82) is 0 Å². The molecule has 3 heteroatoms. The molecule has 0 aliphatic carbocycles. The van der Waals surface area contributed by atoms with E-state index in [-0.39, 0.29) is 12.6 Å². The summed E-state index contributed by atoms with van der Waals surface area (Å²) in [5.74, 6) is -0.358. The quantitative estimate of drug-likeness (QED) is 0.310. The number of aliphatic hydroxyl groups excluding tert-OH is 1. The Morgan fingerprint density at radius 2 is 1.59 bits per heavy atom. The van der Waals surface area contributed by atoms with Gasteiger partial charge >= 0.3 is 5.97 Å². The van der Waals surface area contributed by atoms with Crippen LogP contribution in [0.4, 0.5) is 0 Å². The average Bonchev–Trinajstić information content (AvgIpc) is 2.83. The minimum Gasteiger partial charge on any atom is -0.462 e. The smallest absolute Gasteiger partial charge is 0.333 e. The zero-order chi connectivity index (χ0) is 22.9. The lowest BCUT2D eigenvalue weighted by Gasteiger charge is -2.15. The SMILES string of the molecule is C=C(C)C(=O)OCCc1cc(-c2ccc(-c3ccccc3)cc2CC)ccc1CCCO. The monoisotopic (exact) mass is 428 g/mol. The minimum atomic E-state index is -0.358. The second-order valence-electron chi connectivity index (χ2n) is 8.07. The zero-order valence-electron chi connectivity index (χ0n) is 19.1. The summed E-state index contributed by atoms with van der Waals surface area (Å²) in [7, 11) is 0. The van der Waals surface area contributed by atoms with Crippen LogP contribution in [-0.4, -0.2) is 24.3 Å². The molecule has 0 amide bonds. The highest BCUT2D eigenvalue weighted by Crippen LogP contribution is 2.31. The number of esters is 1. The van der Waals surface area contributed by atoms with Crippen molar-refractivity contribution in [3.05, 3.63) is 95.6 Å². The van der Waals surface area contributed by atoms with E-state index in [2.05, 4.69) is 74.2 Å². The fraction of sp³-hybridized carbons (Fsp3) is 0.276. The van der Waals surface area contributed by atoms with Gasteiger partial charge in [-0.3, -0.25) is 0 Å². The van der Waals surface area contributed by atoms with Crippen LogP contribution < -0.4 is 0 Å². The maximum absolute atomic E-state index is 11.8. The van der Waals surface area contributed by atoms with Gasteiger partial charge in [0, 0.05) is 18.6 Å². The van der Waals surface area contributed by atoms with Crippen LogP contribution in [0.15, 0.2) is 78.9 Å². The van der Waals surface area contributed by atoms with Gasteiger partial charge in [0.05, 0.1) is 6.61 Å². The van der Waals surface area contributed by atoms with E-state index in [1.54, 1.807) is 6.92 Å². The molecule has 3 rings (SSSR count). The summed E-state index contributed by atoms with van der Waals surface area (Å²) in [6.45, 7) is 7.95. The van der Waals surface area contributed by atoms with E-state index in [4.69, 9.17) is 4.74 Å². The predicted molar refractivity (Wildman–Crippen MR) is 132 cm³/mol. The molecule has 0 fully saturated rings. The Balaban J connectivity index is 1.91. The van der Waals surface area contributed by atoms with Gasteiger partial charge in [-0.15, -0.1) is 0 Å². The first-order valence-electron chi connectivity index (χ1n) is 11.3. The van der Waals surface area contributed by atoms with Gasteiger partial charge in [-0.2, -0.15) is 0 Å². The standard InChI is InChI=1S/C29H32O3/c1-4-22-19-25(23-9-6-5-7-10-23)14-15-28(22)27-13-12-24(11-8-17-30)26(20-27)16-18-32-29(31)21(2)3/h5-7,9-10,12-15,19-20,30H,2,4,8,11,16-18H2,1,3H3. The van der Waals surface area contributed by atoms with Crippen LogP contribution in [0.25, 0.3) is 22.3 Å². The summed E-state index contributed by atoms with van der Waals surface area (Å²) in [5, 5.41) is 9.27. The number of hydrogen-bond donors (Lipinski definition) is 1. The normalized spacial score (nSPS) is 10.7. The minimum absolute atomic E-state index is 0.159. The molecule has 0 saturated carbocycles. The van der Waals surface area contributed by atoms with E-state index < -0.39 is 0 Å². The highest BCUT2D eigenvalue weighted by atomic mass is 16.5. The van der Waals surface area contributed by atoms with Gasteiger partial charge < -0.3 is 9.84 Å². The Labute approximate surface area is 191 Å². The molecule has 0 heterocycles. The van der Waals surface area contributed by atoms with Crippen LogP contribution in [0.3, 0.4) is 0 Å². The van der Waals surface area contributed by atoms with Crippen LogP contribution in [-0.2, 0) is 28.8 Å². The number of aliphatic hydroxyl groups is 1. The van der Waals surface area contributed by atoms with E-state index in [1.807, 2.05) is 6.07 Å². The van der Waals surface area contributed by atoms with Crippen molar-refractivity contribution in [2.75, 3.05) is 13.2 Å². The fourth-order valence-corrected chi connectivity index (χ4v) is 3.89. The first kappa shape index (κ1) is 23.5. The van der Waals surface area contributed by atoms with Gasteiger partial charge in [-0.05, 0) is 65.1 Å². The molecule has 0 spiro atoms. The zero-order valence-corrected chi connectivity index (χ0v) is 19.1. The summed E-state index contributed by atoms with van der Waals surface area (Å²) < 4.78 is 5.33. The molecule has 0 aliphatic heterocycles. The summed E-state index contributed by atoms with van der Waals surface area (Å²) in [5.41, 5.74) is 8.87. The molecule has 0 unspecified atom stereocenters. The van der Waals surface area contributed by atoms with Crippen molar-refractivity contribution < 1.29 is 14.6 Å². The van der Waals surface area contributed by atoms with E-state index >= 15 is 0 Å². The summed E-state index contributed by atoms with van der Waals surface area (Å²) in [6, 6.07) is 23.6. The molecule has 32 heavy (non-hydrogen) atoms. The van der Waals surface area contributed by atoms with E-state index in [9.17, 15) is 9.90 Å². The van der Waals surface area contributed by atoms with Gasteiger partial charge in [-0.1, -0.05) is 80.2 Å². The second-order valence-corrected chi connectivity index (χ2v) is 8.07. The van der Waals surface area contributed by atoms with Crippen molar-refractivity contribution in [2.24, 2.45) is 0 Å². The van der Waals surface area contributed by atoms with Crippen LogP contribution in [0.1, 0.15) is 37.0 Å². The van der Waals surface area contributed by atoms with Gasteiger partial charge in [0.1, 0.15) is 0 Å². The lowest BCUT2D eigenvalue weighted by Crippen LogP contribution is -2.09. The van der Waals surface area contributed by atoms with Gasteiger partial charge in [-0.25, -0.2) is 4.79 Å². The summed E-state index contributed by atoms with van der Waals surface area (Å²) in [6.07, 6.45) is 3.09. The van der Waals surface area contributed by atoms with Crippen molar-refractivity contribution in [2.45, 2.75) is 39.5 Å². The number of hydrogen-bond acceptors (Lipinski definition) is 3. The van der Waals surface area contributed by atoms with E-state index in [0.29, 0.717) is 25.0 Å². The Bertz CT molecular complexity index is 1070. The third-order valence-electron chi connectivity index (χ3n) is 5.67. The van der Waals surface area contributed by atoms with E-state index in [0.717, 1.165) is 24.0 Å². The highest BCUT2D eigenvalue weighted by Gasteiger charge is 2.11. The maximum atomic E-state index is 11.8. The highest BCUT2D eigenvalue weighted by molar-refractivity contribution is 5.86. The first-order chi connectivity index (χ1) is 15.5. The molecule has 1 N–H and O–H groups in total. The molecule has 3 aromatic carbocycles.